The van der Waals surface area contributed by atoms with Gasteiger partial charge in [-0.05, 0) is 56.7 Å². The molecule has 0 spiro atoms. The summed E-state index contributed by atoms with van der Waals surface area (Å²) in [4.78, 5) is 9.24. The molecule has 3 heterocycles. The standard InChI is InChI=1S/C24H28F2N6O/c1-14-4-20(27-24-28-23(29-30-24)17-6-18(25)8-19(26)7-17)9-21(5-14)32-12-22(13-32)31-10-15(2)33-16(3)11-31/h4-9,15-16,22H,10-13H2,1-3H3,(H2,27,28,29,30)/t15-,16+. The van der Waals surface area contributed by atoms with Crippen LogP contribution in [0, 0.1) is 18.6 Å². The minimum atomic E-state index is -0.659. The second-order valence-corrected chi connectivity index (χ2v) is 9.12. The first-order valence-corrected chi connectivity index (χ1v) is 11.2. The van der Waals surface area contributed by atoms with Crippen LogP contribution in [0.3, 0.4) is 0 Å². The fourth-order valence-corrected chi connectivity index (χ4v) is 4.70. The topological polar surface area (TPSA) is 69.3 Å². The van der Waals surface area contributed by atoms with Crippen molar-refractivity contribution in [1.29, 1.82) is 0 Å². The average Bonchev–Trinajstić information content (AvgIpc) is 3.13. The van der Waals surface area contributed by atoms with Gasteiger partial charge in [-0.25, -0.2) is 8.78 Å². The summed E-state index contributed by atoms with van der Waals surface area (Å²) in [6.45, 7) is 10.2. The van der Waals surface area contributed by atoms with E-state index in [4.69, 9.17) is 4.74 Å². The number of halogens is 2. The molecule has 0 radical (unpaired) electrons. The Labute approximate surface area is 191 Å². The molecule has 0 saturated carbocycles. The molecule has 1 aromatic heterocycles. The lowest BCUT2D eigenvalue weighted by molar-refractivity contribution is -0.0831. The van der Waals surface area contributed by atoms with Crippen molar-refractivity contribution in [3.05, 3.63) is 53.6 Å². The molecule has 174 valence electrons. The van der Waals surface area contributed by atoms with E-state index in [1.807, 2.05) is 6.07 Å². The highest BCUT2D eigenvalue weighted by molar-refractivity contribution is 5.66. The summed E-state index contributed by atoms with van der Waals surface area (Å²) in [6.07, 6.45) is 0.542. The van der Waals surface area contributed by atoms with Gasteiger partial charge in [-0.1, -0.05) is 0 Å². The Kier molecular flexibility index (Phi) is 5.76. The number of nitrogens with one attached hydrogen (secondary N) is 2. The Morgan fingerprint density at radius 1 is 0.970 bits per heavy atom. The predicted molar refractivity (Wildman–Crippen MR) is 124 cm³/mol. The minimum Gasteiger partial charge on any atom is -0.373 e. The van der Waals surface area contributed by atoms with Gasteiger partial charge in [0.25, 0.3) is 0 Å². The van der Waals surface area contributed by atoms with Crippen molar-refractivity contribution in [2.45, 2.75) is 39.0 Å². The van der Waals surface area contributed by atoms with Crippen molar-refractivity contribution in [2.75, 3.05) is 36.4 Å². The van der Waals surface area contributed by atoms with Gasteiger partial charge in [0.15, 0.2) is 5.82 Å². The van der Waals surface area contributed by atoms with Crippen LogP contribution in [0.2, 0.25) is 0 Å². The third-order valence-electron chi connectivity index (χ3n) is 6.13. The number of rotatable bonds is 5. The van der Waals surface area contributed by atoms with E-state index in [-0.39, 0.29) is 12.2 Å². The molecule has 2 atom stereocenters. The van der Waals surface area contributed by atoms with E-state index in [2.05, 4.69) is 63.2 Å². The molecule has 2 fully saturated rings. The first-order valence-electron chi connectivity index (χ1n) is 11.2. The maximum Gasteiger partial charge on any atom is 0.246 e. The third-order valence-corrected chi connectivity index (χ3v) is 6.13. The van der Waals surface area contributed by atoms with Gasteiger partial charge >= 0.3 is 0 Å². The van der Waals surface area contributed by atoms with E-state index >= 15 is 0 Å². The number of hydrogen-bond donors (Lipinski definition) is 2. The summed E-state index contributed by atoms with van der Waals surface area (Å²) >= 11 is 0. The van der Waals surface area contributed by atoms with E-state index in [0.717, 1.165) is 49.2 Å². The number of morpholine rings is 1. The number of benzene rings is 2. The lowest BCUT2D eigenvalue weighted by atomic mass is 10.0. The molecule has 0 aliphatic carbocycles. The van der Waals surface area contributed by atoms with Crippen LogP contribution in [0.15, 0.2) is 36.4 Å². The zero-order valence-corrected chi connectivity index (χ0v) is 19.0. The lowest BCUT2D eigenvalue weighted by Gasteiger charge is -2.49. The van der Waals surface area contributed by atoms with Crippen LogP contribution in [0.4, 0.5) is 26.1 Å². The van der Waals surface area contributed by atoms with Gasteiger partial charge in [0.05, 0.1) is 12.2 Å². The number of H-pyrrole nitrogens is 1. The first kappa shape index (κ1) is 21.8. The van der Waals surface area contributed by atoms with Crippen molar-refractivity contribution in [2.24, 2.45) is 0 Å². The van der Waals surface area contributed by atoms with Crippen molar-refractivity contribution in [1.82, 2.24) is 20.1 Å². The maximum atomic E-state index is 13.5. The maximum absolute atomic E-state index is 13.5. The Bertz CT molecular complexity index is 1120. The fraction of sp³-hybridized carbons (Fsp3) is 0.417. The van der Waals surface area contributed by atoms with Crippen LogP contribution < -0.4 is 10.2 Å². The lowest BCUT2D eigenvalue weighted by Crippen LogP contribution is -2.63. The Hall–Kier alpha value is -3.04. The molecule has 0 amide bonds. The fourth-order valence-electron chi connectivity index (χ4n) is 4.70. The predicted octanol–water partition coefficient (Wildman–Crippen LogP) is 4.10. The van der Waals surface area contributed by atoms with Crippen molar-refractivity contribution in [3.63, 3.8) is 0 Å². The normalized spacial score (nSPS) is 21.8. The van der Waals surface area contributed by atoms with Gasteiger partial charge in [-0.2, -0.15) is 4.98 Å². The zero-order valence-electron chi connectivity index (χ0n) is 19.0. The van der Waals surface area contributed by atoms with Gasteiger partial charge in [0, 0.05) is 55.2 Å². The van der Waals surface area contributed by atoms with Crippen LogP contribution >= 0.6 is 0 Å². The molecule has 0 bridgehead atoms. The molecule has 2 N–H and O–H groups in total. The van der Waals surface area contributed by atoms with Crippen LogP contribution in [0.5, 0.6) is 0 Å². The molecular weight excluding hydrogens is 426 g/mol. The van der Waals surface area contributed by atoms with Gasteiger partial charge < -0.3 is 15.0 Å². The van der Waals surface area contributed by atoms with Crippen molar-refractivity contribution >= 4 is 17.3 Å². The van der Waals surface area contributed by atoms with E-state index in [1.54, 1.807) is 0 Å². The molecule has 2 aromatic carbocycles. The number of aromatic amines is 1. The number of aromatic nitrogens is 3. The van der Waals surface area contributed by atoms with Gasteiger partial charge in [-0.15, -0.1) is 5.10 Å². The molecular formula is C24H28F2N6O. The first-order chi connectivity index (χ1) is 15.8. The van der Waals surface area contributed by atoms with E-state index < -0.39 is 11.6 Å². The Morgan fingerprint density at radius 2 is 1.67 bits per heavy atom. The van der Waals surface area contributed by atoms with Crippen LogP contribution in [0.25, 0.3) is 11.4 Å². The summed E-state index contributed by atoms with van der Waals surface area (Å²) < 4.78 is 32.9. The number of anilines is 3. The molecule has 3 aromatic rings. The quantitative estimate of drug-likeness (QED) is 0.605. The molecule has 33 heavy (non-hydrogen) atoms. The molecule has 2 aliphatic rings. The number of ether oxygens (including phenoxy) is 1. The minimum absolute atomic E-state index is 0.271. The van der Waals surface area contributed by atoms with Crippen LogP contribution in [0.1, 0.15) is 19.4 Å². The molecule has 0 unspecified atom stereocenters. The molecule has 2 aliphatic heterocycles. The van der Waals surface area contributed by atoms with Crippen LogP contribution in [-0.4, -0.2) is 64.5 Å². The van der Waals surface area contributed by atoms with Gasteiger partial charge in [-0.3, -0.25) is 10.00 Å². The highest BCUT2D eigenvalue weighted by Gasteiger charge is 2.35. The Balaban J connectivity index is 1.26. The van der Waals surface area contributed by atoms with E-state index in [0.29, 0.717) is 23.4 Å². The number of nitrogens with zero attached hydrogens (tertiary/aromatic N) is 4. The van der Waals surface area contributed by atoms with Crippen molar-refractivity contribution < 1.29 is 13.5 Å². The van der Waals surface area contributed by atoms with Crippen LogP contribution in [-0.2, 0) is 4.74 Å². The highest BCUT2D eigenvalue weighted by Crippen LogP contribution is 2.30. The summed E-state index contributed by atoms with van der Waals surface area (Å²) in [5, 5.41) is 10.1. The molecule has 9 heteroatoms. The second-order valence-electron chi connectivity index (χ2n) is 9.12. The summed E-state index contributed by atoms with van der Waals surface area (Å²) in [6, 6.07) is 10.1. The number of aryl methyl sites for hydroxylation is 1. The second kappa shape index (κ2) is 8.72. The van der Waals surface area contributed by atoms with E-state index in [1.165, 1.54) is 12.1 Å². The third kappa shape index (κ3) is 4.84. The Morgan fingerprint density at radius 3 is 2.36 bits per heavy atom. The smallest absolute Gasteiger partial charge is 0.246 e. The summed E-state index contributed by atoms with van der Waals surface area (Å²) in [5.41, 5.74) is 3.43. The van der Waals surface area contributed by atoms with Gasteiger partial charge in [0.2, 0.25) is 5.95 Å². The summed E-state index contributed by atoms with van der Waals surface area (Å²) in [5.74, 6) is -0.687. The van der Waals surface area contributed by atoms with E-state index in [9.17, 15) is 8.78 Å². The zero-order chi connectivity index (χ0) is 23.1. The van der Waals surface area contributed by atoms with Gasteiger partial charge in [0.1, 0.15) is 11.6 Å². The summed E-state index contributed by atoms with van der Waals surface area (Å²) in [7, 11) is 0. The molecule has 7 nitrogen and oxygen atoms in total. The highest BCUT2D eigenvalue weighted by atomic mass is 19.1. The molecule has 5 rings (SSSR count). The average molecular weight is 455 g/mol. The molecule has 2 saturated heterocycles. The SMILES string of the molecule is Cc1cc(Nc2n[nH]c(-c3cc(F)cc(F)c3)n2)cc(N2CC(N3C[C@@H](C)O[C@@H](C)C3)C2)c1. The number of hydrogen-bond acceptors (Lipinski definition) is 6. The monoisotopic (exact) mass is 454 g/mol. The largest absolute Gasteiger partial charge is 0.373 e. The van der Waals surface area contributed by atoms with Crippen molar-refractivity contribution in [3.8, 4) is 11.4 Å².